The van der Waals surface area contributed by atoms with Crippen molar-refractivity contribution in [3.8, 4) is 33.4 Å². The summed E-state index contributed by atoms with van der Waals surface area (Å²) in [6, 6.07) is 85.1. The molecular formula is C63H56N2S2. The van der Waals surface area contributed by atoms with Gasteiger partial charge in [0, 0.05) is 33.9 Å². The Morgan fingerprint density at radius 1 is 0.313 bits per heavy atom. The molecule has 11 rings (SSSR count). The fraction of sp³-hybridized carbons (Fsp3) is 0.111. The van der Waals surface area contributed by atoms with Crippen LogP contribution in [0.4, 0.5) is 34.1 Å². The van der Waals surface area contributed by atoms with Crippen molar-refractivity contribution in [3.63, 3.8) is 0 Å². The molecule has 0 unspecified atom stereocenters. The van der Waals surface area contributed by atoms with Gasteiger partial charge in [-0.05, 0) is 153 Å². The number of hydrogen-bond acceptors (Lipinski definition) is 2. The smallest absolute Gasteiger partial charge is 0.0818 e. The molecule has 0 atom stereocenters. The lowest BCUT2D eigenvalue weighted by Gasteiger charge is -2.59. The first-order chi connectivity index (χ1) is 32.6. The van der Waals surface area contributed by atoms with E-state index in [0.29, 0.717) is 0 Å². The van der Waals surface area contributed by atoms with Gasteiger partial charge in [0.2, 0.25) is 0 Å². The van der Waals surface area contributed by atoms with Gasteiger partial charge in [-0.3, -0.25) is 0 Å². The molecule has 10 aromatic carbocycles. The van der Waals surface area contributed by atoms with Gasteiger partial charge >= 0.3 is 0 Å². The summed E-state index contributed by atoms with van der Waals surface area (Å²) in [4.78, 5) is 4.94. The van der Waals surface area contributed by atoms with Crippen LogP contribution in [0.25, 0.3) is 54.9 Å². The number of para-hydroxylation sites is 4. The number of nitrogens with zero attached hydrogens (tertiary/aromatic N) is 2. The average molecular weight is 905 g/mol. The minimum absolute atomic E-state index is 0.245. The van der Waals surface area contributed by atoms with Crippen molar-refractivity contribution < 1.29 is 0 Å². The highest BCUT2D eigenvalue weighted by molar-refractivity contribution is 8.48. The zero-order valence-corrected chi connectivity index (χ0v) is 40.8. The van der Waals surface area contributed by atoms with E-state index in [-0.39, 0.29) is 4.08 Å². The minimum Gasteiger partial charge on any atom is -0.310 e. The molecular weight excluding hydrogens is 849 g/mol. The van der Waals surface area contributed by atoms with Crippen molar-refractivity contribution in [1.82, 2.24) is 0 Å². The highest BCUT2D eigenvalue weighted by Crippen LogP contribution is 2.81. The number of benzene rings is 10. The molecule has 4 heteroatoms. The molecule has 10 aromatic rings. The Labute approximate surface area is 399 Å². The van der Waals surface area contributed by atoms with Gasteiger partial charge in [-0.15, -0.1) is 0 Å². The topological polar surface area (TPSA) is 6.48 Å². The molecule has 67 heavy (non-hydrogen) atoms. The zero-order valence-electron chi connectivity index (χ0n) is 39.2. The molecule has 0 saturated heterocycles. The summed E-state index contributed by atoms with van der Waals surface area (Å²) in [6.45, 7) is 0. The lowest BCUT2D eigenvalue weighted by Crippen LogP contribution is -2.36. The molecule has 0 radical (unpaired) electrons. The quantitative estimate of drug-likeness (QED) is 0.126. The summed E-state index contributed by atoms with van der Waals surface area (Å²) in [5, 5.41) is 5.23. The van der Waals surface area contributed by atoms with Crippen molar-refractivity contribution in [2.24, 2.45) is 0 Å². The van der Waals surface area contributed by atoms with Gasteiger partial charge < -0.3 is 9.80 Å². The fourth-order valence-corrected chi connectivity index (χ4v) is 20.6. The van der Waals surface area contributed by atoms with Crippen LogP contribution in [0.3, 0.4) is 0 Å². The molecule has 0 fully saturated rings. The predicted molar refractivity (Wildman–Crippen MR) is 299 cm³/mol. The van der Waals surface area contributed by atoms with E-state index in [4.69, 9.17) is 0 Å². The summed E-state index contributed by atoms with van der Waals surface area (Å²) >= 11 is 0. The van der Waals surface area contributed by atoms with E-state index in [2.05, 4.69) is 278 Å². The van der Waals surface area contributed by atoms with Gasteiger partial charge in [-0.1, -0.05) is 170 Å². The molecule has 0 saturated carbocycles. The third-order valence-electron chi connectivity index (χ3n) is 13.7. The van der Waals surface area contributed by atoms with Gasteiger partial charge in [0.25, 0.3) is 0 Å². The van der Waals surface area contributed by atoms with E-state index < -0.39 is 20.1 Å². The Morgan fingerprint density at radius 2 is 0.731 bits per heavy atom. The van der Waals surface area contributed by atoms with Crippen molar-refractivity contribution >= 4 is 75.7 Å². The van der Waals surface area contributed by atoms with Gasteiger partial charge in [0.05, 0.1) is 15.5 Å². The maximum Gasteiger partial charge on any atom is 0.0818 e. The monoisotopic (exact) mass is 904 g/mol. The number of fused-ring (bicyclic) bond motifs is 8. The van der Waals surface area contributed by atoms with Crippen LogP contribution in [0.15, 0.2) is 231 Å². The van der Waals surface area contributed by atoms with Crippen molar-refractivity contribution in [2.75, 3.05) is 47.3 Å². The number of rotatable bonds is 10. The Balaban J connectivity index is 1.19. The van der Waals surface area contributed by atoms with Crippen LogP contribution in [-0.2, 0) is 4.08 Å². The van der Waals surface area contributed by atoms with Crippen LogP contribution in [-0.4, -0.2) is 37.5 Å². The first kappa shape index (κ1) is 42.6. The van der Waals surface area contributed by atoms with Gasteiger partial charge in [0.15, 0.2) is 0 Å². The standard InChI is InChI=1S/C63H56N2S2/c1-66(2,3)63(67(4,5)6)58-44-50(65(48-31-17-10-18-32-48)60-38-24-22-34-52(60)46-27-13-8-14-28-46)40-42-56(58)61-54-36-20-19-35-53(54)57-43-49(39-41-55(57)62(61)63)64(47-29-15-9-16-30-47)59-37-23-21-33-51(59)45-25-11-7-12-26-45/h7-44H,1-6H3. The maximum absolute atomic E-state index is 2.59. The van der Waals surface area contributed by atoms with Gasteiger partial charge in [0.1, 0.15) is 0 Å². The van der Waals surface area contributed by atoms with Crippen molar-refractivity contribution in [2.45, 2.75) is 4.08 Å². The highest BCUT2D eigenvalue weighted by atomic mass is 32.3. The van der Waals surface area contributed by atoms with Gasteiger partial charge in [-0.25, -0.2) is 20.1 Å². The molecule has 1 aliphatic rings. The molecule has 0 bridgehead atoms. The van der Waals surface area contributed by atoms with E-state index in [1.165, 1.54) is 71.7 Å². The Kier molecular flexibility index (Phi) is 10.6. The number of hydrogen-bond donors (Lipinski definition) is 0. The van der Waals surface area contributed by atoms with Crippen LogP contribution >= 0.6 is 20.1 Å². The third-order valence-corrected chi connectivity index (χ3v) is 21.0. The van der Waals surface area contributed by atoms with Crippen LogP contribution in [0.2, 0.25) is 0 Å². The summed E-state index contributed by atoms with van der Waals surface area (Å²) < 4.78 is -0.245. The lowest BCUT2D eigenvalue weighted by atomic mass is 9.91. The molecule has 0 aromatic heterocycles. The SMILES string of the molecule is CS(C)(C)C1(S(C)(C)C)c2cc(N(c3ccccc3)c3ccccc3-c3ccccc3)ccc2-c2c1c1ccc(N(c3ccccc3)c3ccccc3-c3ccccc3)cc1c1ccccc21. The average Bonchev–Trinajstić information content (AvgIpc) is 3.69. The van der Waals surface area contributed by atoms with Crippen molar-refractivity contribution in [3.05, 3.63) is 242 Å². The van der Waals surface area contributed by atoms with Crippen molar-refractivity contribution in [1.29, 1.82) is 0 Å². The maximum atomic E-state index is 2.59. The highest BCUT2D eigenvalue weighted by Gasteiger charge is 2.56. The second-order valence-corrected chi connectivity index (χ2v) is 28.0. The summed E-state index contributed by atoms with van der Waals surface area (Å²) in [7, 11) is -2.74. The normalized spacial score (nSPS) is 13.5. The molecule has 0 aliphatic heterocycles. The molecule has 0 N–H and O–H groups in total. The fourth-order valence-electron chi connectivity index (χ4n) is 11.3. The largest absolute Gasteiger partial charge is 0.310 e. The zero-order chi connectivity index (χ0) is 45.9. The molecule has 0 heterocycles. The second-order valence-electron chi connectivity index (χ2n) is 19.2. The summed E-state index contributed by atoms with van der Waals surface area (Å²) in [5.74, 6) is 0. The Morgan fingerprint density at radius 3 is 1.24 bits per heavy atom. The molecule has 2 nitrogen and oxygen atoms in total. The first-order valence-corrected chi connectivity index (χ1v) is 28.8. The number of anilines is 6. The van der Waals surface area contributed by atoms with E-state index in [9.17, 15) is 0 Å². The second kappa shape index (κ2) is 16.7. The molecule has 330 valence electrons. The van der Waals surface area contributed by atoms with E-state index in [1.54, 1.807) is 0 Å². The lowest BCUT2D eigenvalue weighted by molar-refractivity contribution is 1.10. The van der Waals surface area contributed by atoms with E-state index in [0.717, 1.165) is 28.4 Å². The molecule has 0 amide bonds. The third kappa shape index (κ3) is 6.96. The van der Waals surface area contributed by atoms with Crippen LogP contribution in [0, 0.1) is 0 Å². The van der Waals surface area contributed by atoms with E-state index in [1.807, 2.05) is 0 Å². The molecule has 0 spiro atoms. The van der Waals surface area contributed by atoms with Crippen LogP contribution < -0.4 is 9.80 Å². The predicted octanol–water partition coefficient (Wildman–Crippen LogP) is 17.8. The summed E-state index contributed by atoms with van der Waals surface area (Å²) in [6.07, 6.45) is 15.4. The minimum atomic E-state index is -1.37. The van der Waals surface area contributed by atoms with E-state index >= 15 is 0 Å². The van der Waals surface area contributed by atoms with Crippen LogP contribution in [0.5, 0.6) is 0 Å². The first-order valence-electron chi connectivity index (χ1n) is 23.1. The molecule has 1 aliphatic carbocycles. The van der Waals surface area contributed by atoms with Crippen LogP contribution in [0.1, 0.15) is 11.1 Å². The Hall–Kier alpha value is -6.98. The van der Waals surface area contributed by atoms with Gasteiger partial charge in [-0.2, -0.15) is 0 Å². The Bertz CT molecular complexity index is 3410. The summed E-state index contributed by atoms with van der Waals surface area (Å²) in [5.41, 5.74) is 17.4.